The maximum Gasteiger partial charge on any atom is 0.374 e. The molecule has 2 aliphatic carbocycles. The molecule has 2 rings (SSSR count). The quantitative estimate of drug-likeness (QED) is 0.339. The van der Waals surface area contributed by atoms with Crippen molar-refractivity contribution < 1.29 is 19.1 Å². The summed E-state index contributed by atoms with van der Waals surface area (Å²) in [4.78, 5) is 22.5. The van der Waals surface area contributed by atoms with E-state index in [9.17, 15) is 9.59 Å². The molecule has 2 aliphatic rings. The summed E-state index contributed by atoms with van der Waals surface area (Å²) < 4.78 is 11.3. The van der Waals surface area contributed by atoms with Gasteiger partial charge in [0.25, 0.3) is 0 Å². The Morgan fingerprint density at radius 3 is 1.89 bits per heavy atom. The third-order valence-corrected chi connectivity index (χ3v) is 5.57. The van der Waals surface area contributed by atoms with Crippen molar-refractivity contribution in [3.05, 3.63) is 23.3 Å². The summed E-state index contributed by atoms with van der Waals surface area (Å²) in [6.45, 7) is 14.9. The number of ether oxygens (including phenoxy) is 2. The molecule has 0 N–H and O–H groups in total. The van der Waals surface area contributed by atoms with E-state index >= 15 is 0 Å². The minimum Gasteiger partial charge on any atom is -0.457 e. The molecule has 152 valence electrons. The second-order valence-electron chi connectivity index (χ2n) is 10.4. The van der Waals surface area contributed by atoms with Crippen molar-refractivity contribution in [3.63, 3.8) is 0 Å². The van der Waals surface area contributed by atoms with Crippen LogP contribution in [-0.2, 0) is 19.1 Å². The minimum atomic E-state index is -0.802. The van der Waals surface area contributed by atoms with Crippen LogP contribution in [0.4, 0.5) is 0 Å². The van der Waals surface area contributed by atoms with Gasteiger partial charge in [0.2, 0.25) is 5.78 Å². The van der Waals surface area contributed by atoms with E-state index in [-0.39, 0.29) is 12.5 Å². The lowest BCUT2D eigenvalue weighted by molar-refractivity contribution is -0.160. The molecule has 0 unspecified atom stereocenters. The molecule has 4 heteroatoms. The molecule has 0 aromatic rings. The Bertz CT molecular complexity index is 615. The van der Waals surface area contributed by atoms with Crippen molar-refractivity contribution >= 4 is 11.8 Å². The fourth-order valence-electron chi connectivity index (χ4n) is 3.88. The Hall–Kier alpha value is -1.42. The van der Waals surface area contributed by atoms with E-state index in [2.05, 4.69) is 39.8 Å². The zero-order chi connectivity index (χ0) is 20.5. The molecule has 0 radical (unpaired) electrons. The van der Waals surface area contributed by atoms with Gasteiger partial charge in [0.15, 0.2) is 0 Å². The summed E-state index contributed by atoms with van der Waals surface area (Å²) in [6, 6.07) is 0. The van der Waals surface area contributed by atoms with Gasteiger partial charge in [-0.25, -0.2) is 4.79 Å². The topological polar surface area (TPSA) is 52.6 Å². The third-order valence-electron chi connectivity index (χ3n) is 5.57. The van der Waals surface area contributed by atoms with Gasteiger partial charge in [0.05, 0.1) is 12.2 Å². The van der Waals surface area contributed by atoms with Crippen molar-refractivity contribution in [3.8, 4) is 0 Å². The average molecular weight is 377 g/mol. The van der Waals surface area contributed by atoms with E-state index in [0.29, 0.717) is 17.4 Å². The van der Waals surface area contributed by atoms with Crippen LogP contribution in [-0.4, -0.2) is 30.6 Å². The van der Waals surface area contributed by atoms with Gasteiger partial charge in [-0.05, 0) is 50.4 Å². The van der Waals surface area contributed by atoms with E-state index in [4.69, 9.17) is 9.47 Å². The van der Waals surface area contributed by atoms with Crippen LogP contribution < -0.4 is 0 Å². The molecule has 0 aliphatic heterocycles. The number of carbonyl (C=O) groups is 2. The lowest BCUT2D eigenvalue weighted by atomic mass is 9.81. The summed E-state index contributed by atoms with van der Waals surface area (Å²) in [6.07, 6.45) is 9.19. The first-order valence-corrected chi connectivity index (χ1v) is 10.00. The van der Waals surface area contributed by atoms with Gasteiger partial charge in [-0.1, -0.05) is 51.0 Å². The number of allylic oxidation sites excluding steroid dienone is 2. The SMILES string of the molecule is CC(=O)C(=O)OCC(C)(C)OCC(C1=CCC(C)(C)C1)C1=CCC(C)(C)C1. The van der Waals surface area contributed by atoms with Gasteiger partial charge in [-0.3, -0.25) is 4.79 Å². The zero-order valence-electron chi connectivity index (χ0n) is 18.1. The Kier molecular flexibility index (Phi) is 6.40. The summed E-state index contributed by atoms with van der Waals surface area (Å²) in [7, 11) is 0. The zero-order valence-corrected chi connectivity index (χ0v) is 18.1. The average Bonchev–Trinajstić information content (AvgIpc) is 3.07. The molecule has 0 spiro atoms. The number of rotatable bonds is 8. The molecule has 0 atom stereocenters. The molecule has 0 saturated heterocycles. The van der Waals surface area contributed by atoms with Crippen molar-refractivity contribution in [2.45, 2.75) is 79.8 Å². The van der Waals surface area contributed by atoms with E-state index < -0.39 is 17.4 Å². The van der Waals surface area contributed by atoms with Gasteiger partial charge >= 0.3 is 5.97 Å². The lowest BCUT2D eigenvalue weighted by Gasteiger charge is -2.30. The van der Waals surface area contributed by atoms with Gasteiger partial charge in [-0.15, -0.1) is 0 Å². The largest absolute Gasteiger partial charge is 0.457 e. The number of carbonyl (C=O) groups excluding carboxylic acids is 2. The summed E-state index contributed by atoms with van der Waals surface area (Å²) >= 11 is 0. The molecular formula is C23H36O4. The van der Waals surface area contributed by atoms with Gasteiger partial charge < -0.3 is 9.47 Å². The predicted octanol–water partition coefficient (Wildman–Crippen LogP) is 5.02. The first-order valence-electron chi connectivity index (χ1n) is 10.00. The molecule has 0 fully saturated rings. The number of hydrogen-bond donors (Lipinski definition) is 0. The smallest absolute Gasteiger partial charge is 0.374 e. The number of hydrogen-bond acceptors (Lipinski definition) is 4. The predicted molar refractivity (Wildman–Crippen MR) is 107 cm³/mol. The molecule has 0 aromatic heterocycles. The molecule has 0 bridgehead atoms. The first kappa shape index (κ1) is 21.9. The van der Waals surface area contributed by atoms with Crippen LogP contribution in [0.1, 0.15) is 74.1 Å². The van der Waals surface area contributed by atoms with Crippen LogP contribution in [0.2, 0.25) is 0 Å². The van der Waals surface area contributed by atoms with E-state index in [1.807, 2.05) is 13.8 Å². The molecule has 0 heterocycles. The number of ketones is 1. The van der Waals surface area contributed by atoms with Crippen molar-refractivity contribution in [2.24, 2.45) is 16.7 Å². The highest BCUT2D eigenvalue weighted by Crippen LogP contribution is 2.46. The molecular weight excluding hydrogens is 340 g/mol. The van der Waals surface area contributed by atoms with E-state index in [0.717, 1.165) is 25.7 Å². The Balaban J connectivity index is 2.04. The van der Waals surface area contributed by atoms with Gasteiger partial charge in [0, 0.05) is 12.8 Å². The van der Waals surface area contributed by atoms with Crippen LogP contribution in [0.15, 0.2) is 23.3 Å². The van der Waals surface area contributed by atoms with Gasteiger partial charge in [0.1, 0.15) is 6.61 Å². The summed E-state index contributed by atoms with van der Waals surface area (Å²) in [5.41, 5.74) is 2.94. The highest BCUT2D eigenvalue weighted by Gasteiger charge is 2.36. The normalized spacial score (nSPS) is 21.2. The fraction of sp³-hybridized carbons (Fsp3) is 0.739. The van der Waals surface area contributed by atoms with E-state index in [1.165, 1.54) is 18.1 Å². The van der Waals surface area contributed by atoms with Crippen LogP contribution in [0.3, 0.4) is 0 Å². The second-order valence-corrected chi connectivity index (χ2v) is 10.4. The molecule has 4 nitrogen and oxygen atoms in total. The fourth-order valence-corrected chi connectivity index (χ4v) is 3.88. The number of Topliss-reactive ketones (excluding diaryl/α,β-unsaturated/α-hetero) is 1. The maximum absolute atomic E-state index is 11.4. The van der Waals surface area contributed by atoms with Gasteiger partial charge in [-0.2, -0.15) is 0 Å². The summed E-state index contributed by atoms with van der Waals surface area (Å²) in [5.74, 6) is -1.10. The second kappa shape index (κ2) is 7.90. The Labute approximate surface area is 164 Å². The molecule has 0 saturated carbocycles. The summed E-state index contributed by atoms with van der Waals surface area (Å²) in [5, 5.41) is 0. The Morgan fingerprint density at radius 2 is 1.52 bits per heavy atom. The lowest BCUT2D eigenvalue weighted by Crippen LogP contribution is -2.35. The van der Waals surface area contributed by atoms with Crippen molar-refractivity contribution in [1.82, 2.24) is 0 Å². The highest BCUT2D eigenvalue weighted by atomic mass is 16.6. The monoisotopic (exact) mass is 376 g/mol. The standard InChI is InChI=1S/C23H36O4/c1-16(24)20(25)26-15-23(6,7)27-14-19(17-8-10-21(2,3)12-17)18-9-11-22(4,5)13-18/h8-9,19H,10-15H2,1-7H3. The molecule has 27 heavy (non-hydrogen) atoms. The Morgan fingerprint density at radius 1 is 1.04 bits per heavy atom. The number of esters is 1. The third kappa shape index (κ3) is 6.31. The van der Waals surface area contributed by atoms with Crippen LogP contribution in [0.25, 0.3) is 0 Å². The first-order chi connectivity index (χ1) is 12.3. The van der Waals surface area contributed by atoms with Crippen LogP contribution in [0.5, 0.6) is 0 Å². The van der Waals surface area contributed by atoms with Crippen LogP contribution >= 0.6 is 0 Å². The molecule has 0 aromatic carbocycles. The highest BCUT2D eigenvalue weighted by molar-refractivity contribution is 6.32. The van der Waals surface area contributed by atoms with Crippen LogP contribution in [0, 0.1) is 16.7 Å². The van der Waals surface area contributed by atoms with Crippen molar-refractivity contribution in [1.29, 1.82) is 0 Å². The minimum absolute atomic E-state index is 0.0766. The van der Waals surface area contributed by atoms with E-state index in [1.54, 1.807) is 0 Å². The molecule has 0 amide bonds. The van der Waals surface area contributed by atoms with Crippen molar-refractivity contribution in [2.75, 3.05) is 13.2 Å². The maximum atomic E-state index is 11.4.